The normalized spacial score (nSPS) is 12.0. The largest absolute Gasteiger partial charge is 0.354 e. The molecule has 2 nitrogen and oxygen atoms in total. The van der Waals surface area contributed by atoms with Crippen molar-refractivity contribution < 1.29 is 0 Å². The summed E-state index contributed by atoms with van der Waals surface area (Å²) in [6.07, 6.45) is 0. The van der Waals surface area contributed by atoms with Crippen LogP contribution >= 0.6 is 11.3 Å². The zero-order valence-corrected chi connectivity index (χ0v) is 19.6. The van der Waals surface area contributed by atoms with Gasteiger partial charge in [0.25, 0.3) is 0 Å². The molecule has 0 fully saturated rings. The van der Waals surface area contributed by atoms with Gasteiger partial charge < -0.3 is 9.97 Å². The molecule has 8 rings (SSSR count). The minimum atomic E-state index is 1.18. The molecule has 3 heterocycles. The summed E-state index contributed by atoms with van der Waals surface area (Å²) < 4.78 is 1.32. The average molecular weight is 465 g/mol. The number of para-hydroxylation sites is 4. The van der Waals surface area contributed by atoms with E-state index in [2.05, 4.69) is 119 Å². The number of benzene rings is 5. The van der Waals surface area contributed by atoms with Crippen molar-refractivity contribution in [3.05, 3.63) is 109 Å². The first-order chi connectivity index (χ1) is 17.3. The average Bonchev–Trinajstić information content (AvgIpc) is 3.61. The number of rotatable bonds is 2. The number of nitrogens with one attached hydrogen (secondary N) is 2. The molecule has 3 heteroatoms. The molecule has 0 aliphatic rings. The van der Waals surface area contributed by atoms with Crippen molar-refractivity contribution in [2.45, 2.75) is 0 Å². The molecule has 164 valence electrons. The molecule has 0 radical (unpaired) electrons. The second kappa shape index (κ2) is 7.08. The fourth-order valence-corrected chi connectivity index (χ4v) is 6.80. The van der Waals surface area contributed by atoms with E-state index in [-0.39, 0.29) is 0 Å². The Hall–Kier alpha value is -4.34. The lowest BCUT2D eigenvalue weighted by molar-refractivity contribution is 1.54. The third kappa shape index (κ3) is 2.70. The van der Waals surface area contributed by atoms with E-state index >= 15 is 0 Å². The van der Waals surface area contributed by atoms with Gasteiger partial charge in [-0.3, -0.25) is 0 Å². The summed E-state index contributed by atoms with van der Waals surface area (Å²) in [6.45, 7) is 0. The standard InChI is InChI=1S/C32H20N2S/c1-3-16-27-20(9-1)22-11-6-13-24(30(22)33-27)25-14-5-8-19-18-29(35-32(19)25)26-15-7-12-23-21-10-2-4-17-28(21)34-31(23)26/h1-18,33-34H. The monoisotopic (exact) mass is 464 g/mol. The fourth-order valence-electron chi connectivity index (χ4n) is 5.58. The van der Waals surface area contributed by atoms with Crippen molar-refractivity contribution in [2.24, 2.45) is 0 Å². The molecule has 2 N–H and O–H groups in total. The Balaban J connectivity index is 1.38. The van der Waals surface area contributed by atoms with Crippen LogP contribution in [0.1, 0.15) is 0 Å². The first-order valence-electron chi connectivity index (χ1n) is 11.9. The van der Waals surface area contributed by atoms with Crippen molar-refractivity contribution in [2.75, 3.05) is 0 Å². The summed E-state index contributed by atoms with van der Waals surface area (Å²) in [6, 6.07) is 39.4. The molecule has 0 saturated heterocycles. The molecule has 0 saturated carbocycles. The van der Waals surface area contributed by atoms with Crippen molar-refractivity contribution in [3.8, 4) is 21.6 Å². The molecule has 0 bridgehead atoms. The van der Waals surface area contributed by atoms with Crippen LogP contribution < -0.4 is 0 Å². The Morgan fingerprint density at radius 1 is 0.457 bits per heavy atom. The minimum Gasteiger partial charge on any atom is -0.354 e. The zero-order chi connectivity index (χ0) is 22.9. The highest BCUT2D eigenvalue weighted by Crippen LogP contribution is 2.43. The number of fused-ring (bicyclic) bond motifs is 7. The lowest BCUT2D eigenvalue weighted by Crippen LogP contribution is -1.80. The van der Waals surface area contributed by atoms with Gasteiger partial charge >= 0.3 is 0 Å². The van der Waals surface area contributed by atoms with E-state index in [4.69, 9.17) is 0 Å². The van der Waals surface area contributed by atoms with Crippen molar-refractivity contribution in [1.29, 1.82) is 0 Å². The van der Waals surface area contributed by atoms with Crippen molar-refractivity contribution in [1.82, 2.24) is 9.97 Å². The van der Waals surface area contributed by atoms with Crippen LogP contribution in [0.4, 0.5) is 0 Å². The Bertz CT molecular complexity index is 2070. The Labute approximate surface area is 205 Å². The van der Waals surface area contributed by atoms with Crippen LogP contribution in [-0.4, -0.2) is 9.97 Å². The van der Waals surface area contributed by atoms with Gasteiger partial charge in [0.1, 0.15) is 0 Å². The predicted molar refractivity (Wildman–Crippen MR) is 151 cm³/mol. The van der Waals surface area contributed by atoms with Gasteiger partial charge in [0.2, 0.25) is 0 Å². The van der Waals surface area contributed by atoms with E-state index < -0.39 is 0 Å². The van der Waals surface area contributed by atoms with Crippen LogP contribution in [0.3, 0.4) is 0 Å². The van der Waals surface area contributed by atoms with Crippen LogP contribution in [-0.2, 0) is 0 Å². The Morgan fingerprint density at radius 2 is 1.00 bits per heavy atom. The highest BCUT2D eigenvalue weighted by atomic mass is 32.1. The van der Waals surface area contributed by atoms with Crippen LogP contribution in [0.25, 0.3) is 75.3 Å². The second-order valence-corrected chi connectivity index (χ2v) is 10.2. The fraction of sp³-hybridized carbons (Fsp3) is 0. The molecule has 35 heavy (non-hydrogen) atoms. The molecule has 0 atom stereocenters. The maximum Gasteiger partial charge on any atom is 0.0552 e. The first kappa shape index (κ1) is 19.0. The summed E-state index contributed by atoms with van der Waals surface area (Å²) in [4.78, 5) is 8.65. The van der Waals surface area contributed by atoms with Crippen molar-refractivity contribution in [3.63, 3.8) is 0 Å². The second-order valence-electron chi connectivity index (χ2n) is 9.13. The third-order valence-electron chi connectivity index (χ3n) is 7.18. The lowest BCUT2D eigenvalue weighted by Gasteiger charge is -2.05. The summed E-state index contributed by atoms with van der Waals surface area (Å²) in [5.41, 5.74) is 8.56. The van der Waals surface area contributed by atoms with E-state index in [0.717, 1.165) is 0 Å². The Morgan fingerprint density at radius 3 is 1.71 bits per heavy atom. The maximum absolute atomic E-state index is 3.69. The maximum atomic E-state index is 3.69. The van der Waals surface area contributed by atoms with Gasteiger partial charge in [0.05, 0.1) is 11.0 Å². The lowest BCUT2D eigenvalue weighted by atomic mass is 10.0. The molecular weight excluding hydrogens is 444 g/mol. The molecular formula is C32H20N2S. The summed E-state index contributed by atoms with van der Waals surface area (Å²) >= 11 is 1.88. The number of H-pyrrole nitrogens is 2. The van der Waals surface area contributed by atoms with Crippen molar-refractivity contribution >= 4 is 65.0 Å². The summed E-state index contributed by atoms with van der Waals surface area (Å²) in [5, 5.41) is 6.38. The van der Waals surface area contributed by atoms with E-state index in [1.54, 1.807) is 0 Å². The minimum absolute atomic E-state index is 1.18. The molecule has 0 unspecified atom stereocenters. The smallest absolute Gasteiger partial charge is 0.0552 e. The third-order valence-corrected chi connectivity index (χ3v) is 8.40. The first-order valence-corrected chi connectivity index (χ1v) is 12.7. The van der Waals surface area contributed by atoms with Gasteiger partial charge in [0.15, 0.2) is 0 Å². The number of hydrogen-bond donors (Lipinski definition) is 2. The van der Waals surface area contributed by atoms with Gasteiger partial charge in [0, 0.05) is 58.8 Å². The molecule has 5 aromatic carbocycles. The number of aromatic amines is 2. The van der Waals surface area contributed by atoms with Crippen LogP contribution in [0, 0.1) is 0 Å². The number of thiophene rings is 1. The molecule has 0 amide bonds. The van der Waals surface area contributed by atoms with Crippen LogP contribution in [0.15, 0.2) is 109 Å². The van der Waals surface area contributed by atoms with Gasteiger partial charge in [-0.25, -0.2) is 0 Å². The predicted octanol–water partition coefficient (Wildman–Crippen LogP) is 9.50. The molecule has 0 aliphatic carbocycles. The quantitative estimate of drug-likeness (QED) is 0.255. The van der Waals surface area contributed by atoms with Gasteiger partial charge in [-0.2, -0.15) is 0 Å². The molecule has 8 aromatic rings. The van der Waals surface area contributed by atoms with Gasteiger partial charge in [-0.05, 0) is 23.6 Å². The highest BCUT2D eigenvalue weighted by molar-refractivity contribution is 7.22. The van der Waals surface area contributed by atoms with E-state index in [0.29, 0.717) is 0 Å². The molecule has 3 aromatic heterocycles. The zero-order valence-electron chi connectivity index (χ0n) is 18.8. The highest BCUT2D eigenvalue weighted by Gasteiger charge is 2.16. The molecule has 0 aliphatic heterocycles. The van der Waals surface area contributed by atoms with E-state index in [1.165, 1.54) is 75.3 Å². The van der Waals surface area contributed by atoms with Crippen LogP contribution in [0.5, 0.6) is 0 Å². The number of aromatic nitrogens is 2. The van der Waals surface area contributed by atoms with E-state index in [9.17, 15) is 0 Å². The molecule has 0 spiro atoms. The number of hydrogen-bond acceptors (Lipinski definition) is 1. The van der Waals surface area contributed by atoms with E-state index in [1.807, 2.05) is 11.3 Å². The Kier molecular flexibility index (Phi) is 3.85. The SMILES string of the molecule is c1cc(-c2cccc3c2[nH]c2ccccc23)c2sc(-c3cccc4c3[nH]c3ccccc34)cc2c1. The van der Waals surface area contributed by atoms with Crippen LogP contribution in [0.2, 0.25) is 0 Å². The summed E-state index contributed by atoms with van der Waals surface area (Å²) in [7, 11) is 0. The summed E-state index contributed by atoms with van der Waals surface area (Å²) in [5.74, 6) is 0. The topological polar surface area (TPSA) is 31.6 Å². The van der Waals surface area contributed by atoms with Gasteiger partial charge in [-0.1, -0.05) is 91.0 Å². The van der Waals surface area contributed by atoms with Gasteiger partial charge in [-0.15, -0.1) is 11.3 Å².